The molecule has 4 rings (SSSR count). The van der Waals surface area contributed by atoms with Gasteiger partial charge in [0.15, 0.2) is 11.7 Å². The fourth-order valence-corrected chi connectivity index (χ4v) is 4.12. The first-order valence-electron chi connectivity index (χ1n) is 9.11. The fraction of sp³-hybridized carbons (Fsp3) is 0.238. The number of carbonyl (C=O) groups is 1. The van der Waals surface area contributed by atoms with Crippen molar-refractivity contribution in [2.75, 3.05) is 6.61 Å². The normalized spacial score (nSPS) is 15.5. The second-order valence-corrected chi connectivity index (χ2v) is 8.44. The number of rotatable bonds is 5. The number of carbonyl (C=O) groups excluding carboxylic acids is 1. The van der Waals surface area contributed by atoms with Crippen LogP contribution in [-0.4, -0.2) is 17.5 Å². The van der Waals surface area contributed by atoms with Gasteiger partial charge in [-0.15, -0.1) is 0 Å². The first kappa shape index (κ1) is 20.3. The van der Waals surface area contributed by atoms with Crippen molar-refractivity contribution in [2.24, 2.45) is 0 Å². The number of oxazole rings is 1. The molecule has 150 valence electrons. The molecule has 1 atom stereocenters. The van der Waals surface area contributed by atoms with Crippen LogP contribution in [0.5, 0.6) is 5.75 Å². The molecule has 2 aromatic carbocycles. The van der Waals surface area contributed by atoms with E-state index in [2.05, 4.69) is 26.2 Å². The van der Waals surface area contributed by atoms with Crippen molar-refractivity contribution in [3.8, 4) is 17.1 Å². The predicted molar refractivity (Wildman–Crippen MR) is 115 cm³/mol. The van der Waals surface area contributed by atoms with Crippen LogP contribution in [0.4, 0.5) is 0 Å². The monoisotopic (exact) mass is 494 g/mol. The topological polar surface area (TPSA) is 64.4 Å². The number of aromatic nitrogens is 1. The SMILES string of the molecule is O=C(CCc1ncc(-c2ccc(Cl)cc2Cl)o1)NC1CCOc2ccc(Br)cc21. The lowest BCUT2D eigenvalue weighted by Crippen LogP contribution is -2.32. The number of fused-ring (bicyclic) bond motifs is 1. The van der Waals surface area contributed by atoms with Gasteiger partial charge in [0.2, 0.25) is 5.91 Å². The van der Waals surface area contributed by atoms with Crippen molar-refractivity contribution in [3.63, 3.8) is 0 Å². The molecular formula is C21H17BrCl2N2O3. The van der Waals surface area contributed by atoms with E-state index in [1.807, 2.05) is 18.2 Å². The summed E-state index contributed by atoms with van der Waals surface area (Å²) in [5.41, 5.74) is 1.69. The van der Waals surface area contributed by atoms with E-state index in [0.29, 0.717) is 40.3 Å². The van der Waals surface area contributed by atoms with Gasteiger partial charge < -0.3 is 14.5 Å². The molecule has 8 heteroatoms. The number of aryl methyl sites for hydroxylation is 1. The Morgan fingerprint density at radius 2 is 2.10 bits per heavy atom. The molecular weight excluding hydrogens is 479 g/mol. The molecule has 2 heterocycles. The quantitative estimate of drug-likeness (QED) is 0.472. The van der Waals surface area contributed by atoms with Gasteiger partial charge >= 0.3 is 0 Å². The highest BCUT2D eigenvalue weighted by Crippen LogP contribution is 2.34. The predicted octanol–water partition coefficient (Wildman–Crippen LogP) is 5.98. The summed E-state index contributed by atoms with van der Waals surface area (Å²) in [6, 6.07) is 10.9. The zero-order valence-electron chi connectivity index (χ0n) is 15.3. The molecule has 0 bridgehead atoms. The molecule has 0 spiro atoms. The smallest absolute Gasteiger partial charge is 0.220 e. The second kappa shape index (κ2) is 8.78. The summed E-state index contributed by atoms with van der Waals surface area (Å²) in [7, 11) is 0. The largest absolute Gasteiger partial charge is 0.493 e. The van der Waals surface area contributed by atoms with E-state index in [4.69, 9.17) is 32.4 Å². The van der Waals surface area contributed by atoms with Gasteiger partial charge in [0.25, 0.3) is 0 Å². The highest BCUT2D eigenvalue weighted by atomic mass is 79.9. The van der Waals surface area contributed by atoms with Gasteiger partial charge in [-0.25, -0.2) is 4.98 Å². The molecule has 29 heavy (non-hydrogen) atoms. The zero-order chi connectivity index (χ0) is 20.4. The van der Waals surface area contributed by atoms with Gasteiger partial charge in [-0.2, -0.15) is 0 Å². The number of hydrogen-bond acceptors (Lipinski definition) is 4. The van der Waals surface area contributed by atoms with Crippen LogP contribution in [0.1, 0.15) is 30.3 Å². The Balaban J connectivity index is 1.38. The zero-order valence-corrected chi connectivity index (χ0v) is 18.4. The third-order valence-electron chi connectivity index (χ3n) is 4.66. The van der Waals surface area contributed by atoms with E-state index in [1.54, 1.807) is 24.4 Å². The Labute approximate surface area is 186 Å². The van der Waals surface area contributed by atoms with Gasteiger partial charge in [0.1, 0.15) is 5.75 Å². The Kier molecular flexibility index (Phi) is 6.13. The lowest BCUT2D eigenvalue weighted by Gasteiger charge is -2.27. The van der Waals surface area contributed by atoms with Crippen LogP contribution in [-0.2, 0) is 11.2 Å². The van der Waals surface area contributed by atoms with Crippen molar-refractivity contribution >= 4 is 45.0 Å². The van der Waals surface area contributed by atoms with Gasteiger partial charge in [-0.1, -0.05) is 39.1 Å². The first-order chi connectivity index (χ1) is 14.0. The number of benzene rings is 2. The summed E-state index contributed by atoms with van der Waals surface area (Å²) in [6.07, 6.45) is 3.00. The number of hydrogen-bond donors (Lipinski definition) is 1. The summed E-state index contributed by atoms with van der Waals surface area (Å²) in [5, 5.41) is 4.12. The molecule has 0 radical (unpaired) electrons. The molecule has 5 nitrogen and oxygen atoms in total. The van der Waals surface area contributed by atoms with E-state index in [-0.39, 0.29) is 18.4 Å². The third-order valence-corrected chi connectivity index (χ3v) is 5.70. The molecule has 3 aromatic rings. The minimum Gasteiger partial charge on any atom is -0.493 e. The maximum absolute atomic E-state index is 12.5. The Hall–Kier alpha value is -2.02. The highest BCUT2D eigenvalue weighted by Gasteiger charge is 2.23. The fourth-order valence-electron chi connectivity index (χ4n) is 3.24. The Morgan fingerprint density at radius 3 is 2.93 bits per heavy atom. The molecule has 0 aliphatic carbocycles. The standard InChI is InChI=1S/C21H17BrCl2N2O3/c22-12-1-4-18-15(9-12)17(7-8-28-18)26-20(27)5-6-21-25-11-19(29-21)14-3-2-13(23)10-16(14)24/h1-4,9-11,17H,5-8H2,(H,26,27). The van der Waals surface area contributed by atoms with Crippen LogP contribution in [0.25, 0.3) is 11.3 Å². The molecule has 1 N–H and O–H groups in total. The summed E-state index contributed by atoms with van der Waals surface area (Å²) < 4.78 is 12.4. The summed E-state index contributed by atoms with van der Waals surface area (Å²) in [4.78, 5) is 16.7. The van der Waals surface area contributed by atoms with E-state index in [1.165, 1.54) is 0 Å². The molecule has 0 saturated carbocycles. The average Bonchev–Trinajstić information content (AvgIpc) is 3.15. The molecule has 1 aliphatic rings. The Bertz CT molecular complexity index is 1050. The Morgan fingerprint density at radius 1 is 1.24 bits per heavy atom. The van der Waals surface area contributed by atoms with Crippen molar-refractivity contribution in [2.45, 2.75) is 25.3 Å². The van der Waals surface area contributed by atoms with Gasteiger partial charge in [-0.3, -0.25) is 4.79 Å². The van der Waals surface area contributed by atoms with Gasteiger partial charge in [0, 0.05) is 39.9 Å². The van der Waals surface area contributed by atoms with Crippen LogP contribution in [0.15, 0.2) is 51.5 Å². The molecule has 1 aromatic heterocycles. The van der Waals surface area contributed by atoms with Crippen LogP contribution < -0.4 is 10.1 Å². The maximum Gasteiger partial charge on any atom is 0.220 e. The number of halogens is 3. The lowest BCUT2D eigenvalue weighted by atomic mass is 10.0. The molecule has 1 unspecified atom stereocenters. The first-order valence-corrected chi connectivity index (χ1v) is 10.7. The van der Waals surface area contributed by atoms with Crippen molar-refractivity contribution < 1.29 is 13.9 Å². The van der Waals surface area contributed by atoms with Crippen LogP contribution in [0, 0.1) is 0 Å². The molecule has 0 fully saturated rings. The van der Waals surface area contributed by atoms with Crippen LogP contribution in [0.3, 0.4) is 0 Å². The number of nitrogens with zero attached hydrogens (tertiary/aromatic N) is 1. The summed E-state index contributed by atoms with van der Waals surface area (Å²) >= 11 is 15.6. The minimum absolute atomic E-state index is 0.0629. The van der Waals surface area contributed by atoms with Crippen LogP contribution in [0.2, 0.25) is 10.0 Å². The summed E-state index contributed by atoms with van der Waals surface area (Å²) in [6.45, 7) is 0.574. The number of amides is 1. The maximum atomic E-state index is 12.5. The number of ether oxygens (including phenoxy) is 1. The highest BCUT2D eigenvalue weighted by molar-refractivity contribution is 9.10. The minimum atomic E-state index is -0.0725. The lowest BCUT2D eigenvalue weighted by molar-refractivity contribution is -0.122. The van der Waals surface area contributed by atoms with Crippen molar-refractivity contribution in [1.29, 1.82) is 0 Å². The van der Waals surface area contributed by atoms with Crippen molar-refractivity contribution in [1.82, 2.24) is 10.3 Å². The molecule has 0 saturated heterocycles. The third kappa shape index (κ3) is 4.77. The molecule has 1 aliphatic heterocycles. The average molecular weight is 496 g/mol. The second-order valence-electron chi connectivity index (χ2n) is 6.68. The van der Waals surface area contributed by atoms with E-state index in [0.717, 1.165) is 22.2 Å². The van der Waals surface area contributed by atoms with E-state index in [9.17, 15) is 4.79 Å². The van der Waals surface area contributed by atoms with E-state index >= 15 is 0 Å². The van der Waals surface area contributed by atoms with Gasteiger partial charge in [0.05, 0.1) is 23.9 Å². The van der Waals surface area contributed by atoms with Crippen molar-refractivity contribution in [3.05, 3.63) is 68.6 Å². The van der Waals surface area contributed by atoms with Crippen LogP contribution >= 0.6 is 39.1 Å². The van der Waals surface area contributed by atoms with Gasteiger partial charge in [-0.05, 0) is 36.4 Å². The number of nitrogens with one attached hydrogen (secondary N) is 1. The van der Waals surface area contributed by atoms with E-state index < -0.39 is 0 Å². The molecule has 1 amide bonds. The summed E-state index contributed by atoms with van der Waals surface area (Å²) in [5.74, 6) is 1.77.